The van der Waals surface area contributed by atoms with Gasteiger partial charge in [0, 0.05) is 55.1 Å². The summed E-state index contributed by atoms with van der Waals surface area (Å²) in [5.41, 5.74) is -0.0359. The topological polar surface area (TPSA) is 103 Å². The van der Waals surface area contributed by atoms with E-state index in [4.69, 9.17) is 16.3 Å². The number of ether oxygens (including phenoxy) is 1. The number of hydrogen-bond acceptors (Lipinski definition) is 5. The number of piperazine rings is 1. The van der Waals surface area contributed by atoms with Crippen LogP contribution in [0.5, 0.6) is 0 Å². The molecule has 0 spiro atoms. The zero-order valence-electron chi connectivity index (χ0n) is 19.7. The number of nitrogens with zero attached hydrogens (tertiary/aromatic N) is 3. The largest absolute Gasteiger partial charge is 0.444 e. The number of likely N-dealkylation sites (tertiary alicyclic amines) is 1. The molecule has 1 unspecified atom stereocenters. The van der Waals surface area contributed by atoms with Crippen molar-refractivity contribution in [3.63, 3.8) is 0 Å². The van der Waals surface area contributed by atoms with E-state index >= 15 is 0 Å². The van der Waals surface area contributed by atoms with Crippen LogP contribution in [0.2, 0.25) is 5.02 Å². The first kappa shape index (κ1) is 24.8. The fourth-order valence-corrected chi connectivity index (χ4v) is 6.10. The van der Waals surface area contributed by atoms with Crippen LogP contribution in [-0.4, -0.2) is 83.9 Å². The van der Waals surface area contributed by atoms with Crippen molar-refractivity contribution in [3.05, 3.63) is 29.3 Å². The zero-order valence-corrected chi connectivity index (χ0v) is 21.3. The summed E-state index contributed by atoms with van der Waals surface area (Å²) >= 11 is 6.04. The van der Waals surface area contributed by atoms with Crippen molar-refractivity contribution in [3.8, 4) is 0 Å². The van der Waals surface area contributed by atoms with Crippen molar-refractivity contribution in [1.82, 2.24) is 19.1 Å². The highest BCUT2D eigenvalue weighted by atomic mass is 35.5. The molecule has 2 aliphatic rings. The van der Waals surface area contributed by atoms with Crippen LogP contribution >= 0.6 is 11.6 Å². The minimum Gasteiger partial charge on any atom is -0.444 e. The van der Waals surface area contributed by atoms with Crippen LogP contribution in [0.4, 0.5) is 4.79 Å². The van der Waals surface area contributed by atoms with Gasteiger partial charge in [-0.05, 0) is 57.9 Å². The Morgan fingerprint density at radius 2 is 1.82 bits per heavy atom. The maximum absolute atomic E-state index is 13.5. The van der Waals surface area contributed by atoms with E-state index in [1.807, 2.05) is 0 Å². The van der Waals surface area contributed by atoms with Gasteiger partial charge in [0.15, 0.2) is 0 Å². The summed E-state index contributed by atoms with van der Waals surface area (Å²) in [6.45, 7) is 6.96. The van der Waals surface area contributed by atoms with Crippen molar-refractivity contribution in [2.24, 2.45) is 0 Å². The lowest BCUT2D eigenvalue weighted by atomic mass is 10.1. The summed E-state index contributed by atoms with van der Waals surface area (Å²) in [6, 6.07) is 6.06. The monoisotopic (exact) mass is 510 g/mol. The van der Waals surface area contributed by atoms with Crippen molar-refractivity contribution in [2.45, 2.75) is 56.7 Å². The number of aromatic nitrogens is 1. The SMILES string of the molecule is CC(C)(C)OC(=O)N1CCN(S(=O)(=O)c2cc3cc(Cl)ccc3[nH]2)CC1CC(=O)N1CCCC1. The average molecular weight is 511 g/mol. The summed E-state index contributed by atoms with van der Waals surface area (Å²) in [5, 5.41) is 1.27. The van der Waals surface area contributed by atoms with Gasteiger partial charge in [0.05, 0.1) is 6.04 Å². The van der Waals surface area contributed by atoms with Crippen LogP contribution in [0.1, 0.15) is 40.0 Å². The Morgan fingerprint density at radius 3 is 2.50 bits per heavy atom. The number of carbonyl (C=O) groups is 2. The summed E-state index contributed by atoms with van der Waals surface area (Å²) in [5.74, 6) is -0.0736. The molecule has 0 radical (unpaired) electrons. The molecule has 34 heavy (non-hydrogen) atoms. The number of amides is 2. The van der Waals surface area contributed by atoms with Gasteiger partial charge in [0.2, 0.25) is 5.91 Å². The molecule has 1 atom stereocenters. The van der Waals surface area contributed by atoms with E-state index in [1.165, 1.54) is 9.21 Å². The quantitative estimate of drug-likeness (QED) is 0.678. The van der Waals surface area contributed by atoms with E-state index in [2.05, 4.69) is 4.98 Å². The Labute approximate surface area is 205 Å². The highest BCUT2D eigenvalue weighted by molar-refractivity contribution is 7.89. The third-order valence-electron chi connectivity index (χ3n) is 6.12. The van der Waals surface area contributed by atoms with E-state index in [9.17, 15) is 18.0 Å². The summed E-state index contributed by atoms with van der Waals surface area (Å²) in [4.78, 5) is 32.0. The van der Waals surface area contributed by atoms with Crippen LogP contribution in [0, 0.1) is 0 Å². The number of aromatic amines is 1. The van der Waals surface area contributed by atoms with Gasteiger partial charge >= 0.3 is 6.09 Å². The van der Waals surface area contributed by atoms with E-state index in [0.717, 1.165) is 12.8 Å². The number of benzene rings is 1. The van der Waals surface area contributed by atoms with Crippen molar-refractivity contribution < 1.29 is 22.7 Å². The Balaban J connectivity index is 1.58. The van der Waals surface area contributed by atoms with Gasteiger partial charge in [-0.3, -0.25) is 4.79 Å². The minimum atomic E-state index is -3.88. The lowest BCUT2D eigenvalue weighted by Crippen LogP contribution is -2.58. The number of nitrogens with one attached hydrogen (secondary N) is 1. The molecule has 2 amide bonds. The molecule has 1 N–H and O–H groups in total. The number of hydrogen-bond donors (Lipinski definition) is 1. The Morgan fingerprint density at radius 1 is 1.12 bits per heavy atom. The van der Waals surface area contributed by atoms with E-state index in [-0.39, 0.29) is 37.0 Å². The molecule has 1 aromatic carbocycles. The molecule has 0 aliphatic carbocycles. The highest BCUT2D eigenvalue weighted by Gasteiger charge is 2.40. The van der Waals surface area contributed by atoms with Crippen LogP contribution in [-0.2, 0) is 19.6 Å². The first-order valence-electron chi connectivity index (χ1n) is 11.5. The molecule has 0 bridgehead atoms. The van der Waals surface area contributed by atoms with Crippen LogP contribution in [0.25, 0.3) is 10.9 Å². The molecule has 2 aliphatic heterocycles. The molecule has 9 nitrogen and oxygen atoms in total. The second-order valence-corrected chi connectivity index (χ2v) is 12.2. The lowest BCUT2D eigenvalue weighted by molar-refractivity contribution is -0.131. The number of fused-ring (bicyclic) bond motifs is 1. The second-order valence-electron chi connectivity index (χ2n) is 9.85. The summed E-state index contributed by atoms with van der Waals surface area (Å²) in [7, 11) is -3.88. The normalized spacial score (nSPS) is 20.2. The standard InChI is InChI=1S/C23H31ClN4O5S/c1-23(2,3)33-22(30)28-11-10-27(15-18(28)14-21(29)26-8-4-5-9-26)34(31,32)20-13-16-12-17(24)6-7-19(16)25-20/h6-7,12-13,18,25H,4-5,8-11,14-15H2,1-3H3. The van der Waals surface area contributed by atoms with Gasteiger partial charge in [0.1, 0.15) is 10.6 Å². The van der Waals surface area contributed by atoms with Crippen LogP contribution in [0.3, 0.4) is 0 Å². The molecule has 3 heterocycles. The van der Waals surface area contributed by atoms with Gasteiger partial charge in [-0.2, -0.15) is 4.31 Å². The predicted molar refractivity (Wildman–Crippen MR) is 129 cm³/mol. The molecule has 2 fully saturated rings. The maximum atomic E-state index is 13.5. The smallest absolute Gasteiger partial charge is 0.410 e. The van der Waals surface area contributed by atoms with E-state index in [1.54, 1.807) is 49.9 Å². The minimum absolute atomic E-state index is 0.0112. The number of carbonyl (C=O) groups excluding carboxylic acids is 2. The van der Waals surface area contributed by atoms with Crippen molar-refractivity contribution >= 4 is 44.5 Å². The van der Waals surface area contributed by atoms with Crippen LogP contribution < -0.4 is 0 Å². The zero-order chi connectivity index (χ0) is 24.7. The van der Waals surface area contributed by atoms with Gasteiger partial charge in [0.25, 0.3) is 10.0 Å². The molecule has 0 saturated carbocycles. The van der Waals surface area contributed by atoms with Gasteiger partial charge in [-0.25, -0.2) is 13.2 Å². The number of halogens is 1. The Bertz CT molecular complexity index is 1180. The number of H-pyrrole nitrogens is 1. The van der Waals surface area contributed by atoms with Gasteiger partial charge in [-0.15, -0.1) is 0 Å². The summed E-state index contributed by atoms with van der Waals surface area (Å²) in [6.07, 6.45) is 1.42. The van der Waals surface area contributed by atoms with Crippen molar-refractivity contribution in [1.29, 1.82) is 0 Å². The fraction of sp³-hybridized carbons (Fsp3) is 0.565. The third-order valence-corrected chi connectivity index (χ3v) is 8.14. The Kier molecular flexibility index (Phi) is 6.85. The summed E-state index contributed by atoms with van der Waals surface area (Å²) < 4.78 is 33.8. The first-order valence-corrected chi connectivity index (χ1v) is 13.3. The van der Waals surface area contributed by atoms with Crippen LogP contribution in [0.15, 0.2) is 29.3 Å². The lowest BCUT2D eigenvalue weighted by Gasteiger charge is -2.41. The molecular weight excluding hydrogens is 480 g/mol. The van der Waals surface area contributed by atoms with E-state index < -0.39 is 27.8 Å². The molecule has 4 rings (SSSR count). The van der Waals surface area contributed by atoms with Gasteiger partial charge < -0.3 is 19.5 Å². The fourth-order valence-electron chi connectivity index (χ4n) is 4.43. The Hall–Kier alpha value is -2.30. The molecule has 186 valence electrons. The first-order chi connectivity index (χ1) is 15.9. The van der Waals surface area contributed by atoms with E-state index in [0.29, 0.717) is 29.0 Å². The average Bonchev–Trinajstić information content (AvgIpc) is 3.42. The molecule has 2 aromatic rings. The number of rotatable bonds is 4. The molecule has 1 aromatic heterocycles. The second kappa shape index (κ2) is 9.39. The van der Waals surface area contributed by atoms with Crippen molar-refractivity contribution in [2.75, 3.05) is 32.7 Å². The predicted octanol–water partition coefficient (Wildman–Crippen LogP) is 3.44. The molecular formula is C23H31ClN4O5S. The third kappa shape index (κ3) is 5.34. The highest BCUT2D eigenvalue weighted by Crippen LogP contribution is 2.27. The van der Waals surface area contributed by atoms with Gasteiger partial charge in [-0.1, -0.05) is 11.6 Å². The molecule has 11 heteroatoms. The number of sulfonamides is 1. The molecule has 2 saturated heterocycles. The maximum Gasteiger partial charge on any atom is 0.410 e.